The van der Waals surface area contributed by atoms with E-state index in [1.54, 1.807) is 24.3 Å². The van der Waals surface area contributed by atoms with E-state index in [-0.39, 0.29) is 17.7 Å². The molecule has 1 saturated carbocycles. The van der Waals surface area contributed by atoms with Gasteiger partial charge in [-0.15, -0.1) is 0 Å². The lowest BCUT2D eigenvalue weighted by Gasteiger charge is -2.32. The van der Waals surface area contributed by atoms with Gasteiger partial charge in [0.15, 0.2) is 0 Å². The first-order valence-electron chi connectivity index (χ1n) is 12.2. The van der Waals surface area contributed by atoms with Crippen molar-refractivity contribution < 1.29 is 9.59 Å². The molecule has 5 nitrogen and oxygen atoms in total. The van der Waals surface area contributed by atoms with E-state index < -0.39 is 0 Å². The average Bonchev–Trinajstić information content (AvgIpc) is 2.84. The van der Waals surface area contributed by atoms with Crippen LogP contribution in [0.4, 0.5) is 5.69 Å². The maximum Gasteiger partial charge on any atom is 0.255 e. The molecular formula is C27H34ClN3O2. The van der Waals surface area contributed by atoms with Gasteiger partial charge in [-0.1, -0.05) is 43.0 Å². The Kier molecular flexibility index (Phi) is 8.40. The molecule has 1 heterocycles. The van der Waals surface area contributed by atoms with Crippen LogP contribution in [0.3, 0.4) is 0 Å². The number of carbonyl (C=O) groups is 2. The molecule has 2 aliphatic rings. The van der Waals surface area contributed by atoms with Crippen molar-refractivity contribution in [3.05, 3.63) is 64.7 Å². The molecule has 1 saturated heterocycles. The fourth-order valence-electron chi connectivity index (χ4n) is 4.94. The number of rotatable bonds is 7. The highest BCUT2D eigenvalue weighted by atomic mass is 35.5. The highest BCUT2D eigenvalue weighted by molar-refractivity contribution is 6.30. The van der Waals surface area contributed by atoms with E-state index in [0.29, 0.717) is 16.5 Å². The van der Waals surface area contributed by atoms with Gasteiger partial charge >= 0.3 is 0 Å². The predicted octanol–water partition coefficient (Wildman–Crippen LogP) is 5.50. The van der Waals surface area contributed by atoms with Crippen molar-refractivity contribution in [2.75, 3.05) is 25.0 Å². The minimum Gasteiger partial charge on any atom is -0.356 e. The lowest BCUT2D eigenvalue weighted by atomic mass is 9.89. The molecule has 0 aromatic heterocycles. The van der Waals surface area contributed by atoms with Gasteiger partial charge in [0.2, 0.25) is 5.91 Å². The van der Waals surface area contributed by atoms with Crippen molar-refractivity contribution in [3.8, 4) is 0 Å². The molecule has 0 spiro atoms. The topological polar surface area (TPSA) is 61.4 Å². The zero-order valence-corrected chi connectivity index (χ0v) is 19.9. The molecule has 1 aliphatic carbocycles. The van der Waals surface area contributed by atoms with Crippen LogP contribution in [0, 0.1) is 11.8 Å². The van der Waals surface area contributed by atoms with E-state index in [2.05, 4.69) is 21.6 Å². The molecule has 2 aromatic carbocycles. The summed E-state index contributed by atoms with van der Waals surface area (Å²) in [6.07, 6.45) is 8.30. The number of anilines is 1. The third-order valence-corrected chi connectivity index (χ3v) is 7.20. The summed E-state index contributed by atoms with van der Waals surface area (Å²) in [5.41, 5.74) is 2.52. The molecule has 0 atom stereocenters. The number of nitrogens with one attached hydrogen (secondary N) is 2. The lowest BCUT2D eigenvalue weighted by molar-refractivity contribution is -0.126. The van der Waals surface area contributed by atoms with Crippen molar-refractivity contribution in [2.45, 2.75) is 51.5 Å². The van der Waals surface area contributed by atoms with Crippen molar-refractivity contribution in [3.63, 3.8) is 0 Å². The maximum absolute atomic E-state index is 12.6. The van der Waals surface area contributed by atoms with Gasteiger partial charge in [0.1, 0.15) is 0 Å². The van der Waals surface area contributed by atoms with Crippen LogP contribution in [0.25, 0.3) is 0 Å². The van der Waals surface area contributed by atoms with Crippen LogP contribution >= 0.6 is 11.6 Å². The molecule has 0 unspecified atom stereocenters. The van der Waals surface area contributed by atoms with Crippen LogP contribution in [0.5, 0.6) is 0 Å². The van der Waals surface area contributed by atoms with Crippen LogP contribution in [0.15, 0.2) is 48.5 Å². The molecule has 2 N–H and O–H groups in total. The molecule has 6 heteroatoms. The van der Waals surface area contributed by atoms with Gasteiger partial charge in [0.05, 0.1) is 0 Å². The predicted molar refractivity (Wildman–Crippen MR) is 133 cm³/mol. The Morgan fingerprint density at radius 1 is 0.939 bits per heavy atom. The fourth-order valence-corrected chi connectivity index (χ4v) is 5.07. The minimum atomic E-state index is -0.149. The van der Waals surface area contributed by atoms with Gasteiger partial charge in [-0.05, 0) is 86.7 Å². The van der Waals surface area contributed by atoms with E-state index in [9.17, 15) is 9.59 Å². The normalized spacial score (nSPS) is 18.1. The molecule has 0 radical (unpaired) electrons. The molecule has 4 rings (SSSR count). The first kappa shape index (κ1) is 23.8. The van der Waals surface area contributed by atoms with E-state index in [4.69, 9.17) is 11.6 Å². The molecule has 2 fully saturated rings. The third-order valence-electron chi connectivity index (χ3n) is 6.95. The SMILES string of the molecule is O=C(Nc1cccc(CN2CCC(C(=O)NCC3CCCCC3)CC2)c1)c1ccc(Cl)cc1. The number of carbonyl (C=O) groups excluding carboxylic acids is 2. The van der Waals surface area contributed by atoms with Gasteiger partial charge < -0.3 is 10.6 Å². The van der Waals surface area contributed by atoms with Gasteiger partial charge in [-0.2, -0.15) is 0 Å². The Labute approximate surface area is 201 Å². The Balaban J connectivity index is 1.22. The number of likely N-dealkylation sites (tertiary alicyclic amines) is 1. The van der Waals surface area contributed by atoms with Crippen molar-refractivity contribution in [1.82, 2.24) is 10.2 Å². The summed E-state index contributed by atoms with van der Waals surface area (Å²) in [4.78, 5) is 27.5. The summed E-state index contributed by atoms with van der Waals surface area (Å²) < 4.78 is 0. The number of halogens is 1. The molecule has 176 valence electrons. The maximum atomic E-state index is 12.6. The van der Waals surface area contributed by atoms with Crippen LogP contribution in [0.2, 0.25) is 5.02 Å². The quantitative estimate of drug-likeness (QED) is 0.565. The first-order valence-corrected chi connectivity index (χ1v) is 12.6. The summed E-state index contributed by atoms with van der Waals surface area (Å²) in [5.74, 6) is 0.904. The smallest absolute Gasteiger partial charge is 0.255 e. The monoisotopic (exact) mass is 467 g/mol. The second-order valence-electron chi connectivity index (χ2n) is 9.46. The van der Waals surface area contributed by atoms with E-state index in [1.165, 1.54) is 32.1 Å². The van der Waals surface area contributed by atoms with E-state index in [1.807, 2.05) is 18.2 Å². The van der Waals surface area contributed by atoms with Crippen molar-refractivity contribution >= 4 is 29.1 Å². The van der Waals surface area contributed by atoms with Crippen LogP contribution in [-0.2, 0) is 11.3 Å². The Morgan fingerprint density at radius 3 is 2.39 bits per heavy atom. The second kappa shape index (κ2) is 11.7. The van der Waals surface area contributed by atoms with Gasteiger partial charge in [-0.3, -0.25) is 14.5 Å². The van der Waals surface area contributed by atoms with E-state index in [0.717, 1.165) is 50.3 Å². The Hall–Kier alpha value is -2.37. The first-order chi connectivity index (χ1) is 16.1. The van der Waals surface area contributed by atoms with Gasteiger partial charge in [-0.25, -0.2) is 0 Å². The highest BCUT2D eigenvalue weighted by Crippen LogP contribution is 2.24. The van der Waals surface area contributed by atoms with Crippen LogP contribution < -0.4 is 10.6 Å². The second-order valence-corrected chi connectivity index (χ2v) is 9.90. The number of hydrogen-bond donors (Lipinski definition) is 2. The molecule has 1 aliphatic heterocycles. The molecule has 33 heavy (non-hydrogen) atoms. The summed E-state index contributed by atoms with van der Waals surface area (Å²) in [7, 11) is 0. The van der Waals surface area contributed by atoms with Crippen molar-refractivity contribution in [2.24, 2.45) is 11.8 Å². The van der Waals surface area contributed by atoms with Crippen molar-refractivity contribution in [1.29, 1.82) is 0 Å². The Bertz CT molecular complexity index is 933. The van der Waals surface area contributed by atoms with Gasteiger partial charge in [0.25, 0.3) is 5.91 Å². The number of benzene rings is 2. The standard InChI is InChI=1S/C27H34ClN3O2/c28-24-11-9-22(10-12-24)27(33)30-25-8-4-7-21(17-25)19-31-15-13-23(14-16-31)26(32)29-18-20-5-2-1-3-6-20/h4,7-12,17,20,23H,1-3,5-6,13-16,18-19H2,(H,29,32)(H,30,33). The molecular weight excluding hydrogens is 434 g/mol. The summed E-state index contributed by atoms with van der Waals surface area (Å²) >= 11 is 5.91. The zero-order valence-electron chi connectivity index (χ0n) is 19.2. The lowest BCUT2D eigenvalue weighted by Crippen LogP contribution is -2.41. The highest BCUT2D eigenvalue weighted by Gasteiger charge is 2.25. The van der Waals surface area contributed by atoms with Crippen LogP contribution in [-0.4, -0.2) is 36.3 Å². The summed E-state index contributed by atoms with van der Waals surface area (Å²) in [6, 6.07) is 14.9. The van der Waals surface area contributed by atoms with Crippen LogP contribution in [0.1, 0.15) is 60.9 Å². The number of piperidine rings is 1. The molecule has 2 aromatic rings. The summed E-state index contributed by atoms with van der Waals surface area (Å²) in [6.45, 7) is 3.51. The minimum absolute atomic E-state index is 0.134. The molecule has 2 amide bonds. The Morgan fingerprint density at radius 2 is 1.67 bits per heavy atom. The van der Waals surface area contributed by atoms with E-state index >= 15 is 0 Å². The third kappa shape index (κ3) is 7.05. The summed E-state index contributed by atoms with van der Waals surface area (Å²) in [5, 5.41) is 6.80. The van der Waals surface area contributed by atoms with Gasteiger partial charge in [0, 0.05) is 35.3 Å². The average molecular weight is 468 g/mol. The fraction of sp³-hybridized carbons (Fsp3) is 0.481. The zero-order chi connectivity index (χ0) is 23.0. The number of hydrogen-bond acceptors (Lipinski definition) is 3. The number of amides is 2. The molecule has 0 bridgehead atoms. The largest absolute Gasteiger partial charge is 0.356 e. The number of nitrogens with zero attached hydrogens (tertiary/aromatic N) is 1.